The molecule has 1 rings (SSSR count). The maximum absolute atomic E-state index is 10.3. The van der Waals surface area contributed by atoms with Gasteiger partial charge in [-0.3, -0.25) is 4.79 Å². The summed E-state index contributed by atoms with van der Waals surface area (Å²) in [7, 11) is 0. The summed E-state index contributed by atoms with van der Waals surface area (Å²) in [5.41, 5.74) is 5.76. The van der Waals surface area contributed by atoms with Gasteiger partial charge in [0, 0.05) is 18.2 Å². The number of nitrogens with zero attached hydrogens (tertiary/aromatic N) is 2. The van der Waals surface area contributed by atoms with E-state index in [1.807, 2.05) is 5.38 Å². The number of nitrogens with two attached hydrogens (primary N) is 1. The summed E-state index contributed by atoms with van der Waals surface area (Å²) in [5.74, 6) is -0.298. The van der Waals surface area contributed by atoms with Crippen LogP contribution in [-0.2, 0) is 11.2 Å². The van der Waals surface area contributed by atoms with E-state index in [4.69, 9.17) is 5.73 Å². The number of primary amides is 1. The molecule has 10 heavy (non-hydrogen) atoms. The average Bonchev–Trinajstić information content (AvgIpc) is 2.34. The van der Waals surface area contributed by atoms with Crippen LogP contribution in [0.1, 0.15) is 12.1 Å². The molecule has 0 atom stereocenters. The standard InChI is InChI=1S/C5H7N3OS/c6-5(9)2-1-4-3-10-8-7-4/h3H,1-2H2,(H2,6,9). The minimum atomic E-state index is -0.298. The first-order valence-corrected chi connectivity index (χ1v) is 3.67. The molecule has 1 aromatic rings. The molecular formula is C5H7N3OS. The van der Waals surface area contributed by atoms with E-state index in [2.05, 4.69) is 9.59 Å². The Morgan fingerprint density at radius 2 is 2.60 bits per heavy atom. The van der Waals surface area contributed by atoms with Crippen molar-refractivity contribution in [1.29, 1.82) is 0 Å². The quantitative estimate of drug-likeness (QED) is 0.669. The molecule has 2 N–H and O–H groups in total. The van der Waals surface area contributed by atoms with Crippen molar-refractivity contribution in [2.45, 2.75) is 12.8 Å². The van der Waals surface area contributed by atoms with Gasteiger partial charge in [-0.25, -0.2) is 0 Å². The monoisotopic (exact) mass is 157 g/mol. The molecule has 0 aliphatic heterocycles. The van der Waals surface area contributed by atoms with Crippen LogP contribution in [0.5, 0.6) is 0 Å². The van der Waals surface area contributed by atoms with Crippen LogP contribution in [0.15, 0.2) is 5.38 Å². The third-order valence-corrected chi connectivity index (χ3v) is 1.59. The molecule has 0 saturated heterocycles. The summed E-state index contributed by atoms with van der Waals surface area (Å²) < 4.78 is 3.64. The second kappa shape index (κ2) is 3.26. The van der Waals surface area contributed by atoms with Crippen molar-refractivity contribution in [2.75, 3.05) is 0 Å². The molecule has 0 aromatic carbocycles. The zero-order chi connectivity index (χ0) is 7.40. The van der Waals surface area contributed by atoms with Gasteiger partial charge in [-0.15, -0.1) is 5.10 Å². The Bertz CT molecular complexity index is 209. The van der Waals surface area contributed by atoms with Crippen molar-refractivity contribution in [3.05, 3.63) is 11.1 Å². The van der Waals surface area contributed by atoms with Gasteiger partial charge in [0.1, 0.15) is 0 Å². The van der Waals surface area contributed by atoms with Gasteiger partial charge >= 0.3 is 0 Å². The van der Waals surface area contributed by atoms with Crippen molar-refractivity contribution in [3.8, 4) is 0 Å². The molecule has 1 aromatic heterocycles. The van der Waals surface area contributed by atoms with E-state index in [0.717, 1.165) is 5.69 Å². The van der Waals surface area contributed by atoms with Crippen LogP contribution in [0.25, 0.3) is 0 Å². The maximum atomic E-state index is 10.3. The Hall–Kier alpha value is -0.970. The largest absolute Gasteiger partial charge is 0.370 e. The second-order valence-electron chi connectivity index (χ2n) is 1.86. The Labute approximate surface area is 62.2 Å². The van der Waals surface area contributed by atoms with Crippen molar-refractivity contribution in [3.63, 3.8) is 0 Å². The third kappa shape index (κ3) is 2.10. The molecule has 0 spiro atoms. The van der Waals surface area contributed by atoms with Gasteiger partial charge < -0.3 is 5.73 Å². The Kier molecular flexibility index (Phi) is 2.33. The number of aryl methyl sites for hydroxylation is 1. The van der Waals surface area contributed by atoms with Crippen molar-refractivity contribution in [1.82, 2.24) is 9.59 Å². The van der Waals surface area contributed by atoms with Gasteiger partial charge in [-0.1, -0.05) is 4.49 Å². The van der Waals surface area contributed by atoms with Gasteiger partial charge in [0.15, 0.2) is 0 Å². The fourth-order valence-corrected chi connectivity index (χ4v) is 1.03. The molecule has 54 valence electrons. The third-order valence-electron chi connectivity index (χ3n) is 1.03. The molecule has 0 radical (unpaired) electrons. The highest BCUT2D eigenvalue weighted by atomic mass is 32.1. The molecule has 0 unspecified atom stereocenters. The zero-order valence-electron chi connectivity index (χ0n) is 5.28. The van der Waals surface area contributed by atoms with E-state index in [-0.39, 0.29) is 5.91 Å². The molecule has 5 heteroatoms. The molecule has 0 bridgehead atoms. The molecule has 1 heterocycles. The fourth-order valence-electron chi connectivity index (χ4n) is 0.544. The Morgan fingerprint density at radius 3 is 3.10 bits per heavy atom. The summed E-state index contributed by atoms with van der Waals surface area (Å²) in [4.78, 5) is 10.3. The van der Waals surface area contributed by atoms with Gasteiger partial charge in [-0.05, 0) is 11.5 Å². The van der Waals surface area contributed by atoms with Crippen LogP contribution in [0.3, 0.4) is 0 Å². The van der Waals surface area contributed by atoms with Crippen LogP contribution < -0.4 is 5.73 Å². The molecule has 0 aliphatic rings. The minimum Gasteiger partial charge on any atom is -0.370 e. The van der Waals surface area contributed by atoms with E-state index < -0.39 is 0 Å². The second-order valence-corrected chi connectivity index (χ2v) is 2.47. The summed E-state index contributed by atoms with van der Waals surface area (Å²) >= 11 is 1.28. The normalized spacial score (nSPS) is 9.60. The number of hydrogen-bond acceptors (Lipinski definition) is 4. The summed E-state index contributed by atoms with van der Waals surface area (Å²) in [5, 5.41) is 5.56. The number of hydrogen-bond donors (Lipinski definition) is 1. The van der Waals surface area contributed by atoms with E-state index in [1.165, 1.54) is 11.5 Å². The number of aromatic nitrogens is 2. The first-order valence-electron chi connectivity index (χ1n) is 2.83. The molecule has 0 aliphatic carbocycles. The molecule has 0 fully saturated rings. The van der Waals surface area contributed by atoms with E-state index in [9.17, 15) is 4.79 Å². The summed E-state index contributed by atoms with van der Waals surface area (Å²) in [6.45, 7) is 0. The number of carbonyl (C=O) groups excluding carboxylic acids is 1. The lowest BCUT2D eigenvalue weighted by Gasteiger charge is -1.88. The Balaban J connectivity index is 2.35. The van der Waals surface area contributed by atoms with Crippen molar-refractivity contribution < 1.29 is 4.79 Å². The topological polar surface area (TPSA) is 68.9 Å². The fraction of sp³-hybridized carbons (Fsp3) is 0.400. The zero-order valence-corrected chi connectivity index (χ0v) is 6.10. The lowest BCUT2D eigenvalue weighted by atomic mass is 10.2. The Morgan fingerprint density at radius 1 is 1.80 bits per heavy atom. The highest BCUT2D eigenvalue weighted by Crippen LogP contribution is 1.99. The molecule has 0 saturated carbocycles. The molecular weight excluding hydrogens is 150 g/mol. The van der Waals surface area contributed by atoms with Crippen LogP contribution in [-0.4, -0.2) is 15.5 Å². The lowest BCUT2D eigenvalue weighted by molar-refractivity contribution is -0.118. The van der Waals surface area contributed by atoms with E-state index >= 15 is 0 Å². The average molecular weight is 157 g/mol. The first-order chi connectivity index (χ1) is 4.79. The maximum Gasteiger partial charge on any atom is 0.217 e. The first kappa shape index (κ1) is 7.14. The number of rotatable bonds is 3. The predicted octanol–water partition coefficient (Wildman–Crippen LogP) is -0.0440. The van der Waals surface area contributed by atoms with Crippen molar-refractivity contribution in [2.24, 2.45) is 5.73 Å². The van der Waals surface area contributed by atoms with Crippen LogP contribution >= 0.6 is 11.5 Å². The molecule has 4 nitrogen and oxygen atoms in total. The van der Waals surface area contributed by atoms with Gasteiger partial charge in [0.05, 0.1) is 5.69 Å². The summed E-state index contributed by atoms with van der Waals surface area (Å²) in [6.07, 6.45) is 0.956. The van der Waals surface area contributed by atoms with E-state index in [1.54, 1.807) is 0 Å². The van der Waals surface area contributed by atoms with Gasteiger partial charge in [0.25, 0.3) is 0 Å². The van der Waals surface area contributed by atoms with Crippen LogP contribution in [0.4, 0.5) is 0 Å². The number of amides is 1. The SMILES string of the molecule is NC(=O)CCc1csnn1. The lowest BCUT2D eigenvalue weighted by Crippen LogP contribution is -2.11. The summed E-state index contributed by atoms with van der Waals surface area (Å²) in [6, 6.07) is 0. The number of carbonyl (C=O) groups is 1. The van der Waals surface area contributed by atoms with Crippen LogP contribution in [0.2, 0.25) is 0 Å². The minimum absolute atomic E-state index is 0.298. The smallest absolute Gasteiger partial charge is 0.217 e. The highest BCUT2D eigenvalue weighted by Gasteiger charge is 1.98. The van der Waals surface area contributed by atoms with Crippen molar-refractivity contribution >= 4 is 17.4 Å². The van der Waals surface area contributed by atoms with Gasteiger partial charge in [0.2, 0.25) is 5.91 Å². The predicted molar refractivity (Wildman–Crippen MR) is 37.4 cm³/mol. The highest BCUT2D eigenvalue weighted by molar-refractivity contribution is 7.03. The van der Waals surface area contributed by atoms with Gasteiger partial charge in [-0.2, -0.15) is 0 Å². The van der Waals surface area contributed by atoms with Crippen LogP contribution in [0, 0.1) is 0 Å². The van der Waals surface area contributed by atoms with E-state index in [0.29, 0.717) is 12.8 Å². The molecule has 1 amide bonds.